The minimum Gasteiger partial charge on any atom is -0.341 e. The van der Waals surface area contributed by atoms with E-state index < -0.39 is 9.84 Å². The number of nitrogens with one attached hydrogen (secondary N) is 1. The van der Waals surface area contributed by atoms with E-state index in [1.807, 2.05) is 53.4 Å². The van der Waals surface area contributed by atoms with Crippen LogP contribution < -0.4 is 5.32 Å². The van der Waals surface area contributed by atoms with Gasteiger partial charge in [-0.2, -0.15) is 0 Å². The van der Waals surface area contributed by atoms with Crippen LogP contribution in [0.3, 0.4) is 0 Å². The lowest BCUT2D eigenvalue weighted by molar-refractivity contribution is -0.113. The summed E-state index contributed by atoms with van der Waals surface area (Å²) in [7, 11) is -3.10. The first kappa shape index (κ1) is 22.2. The first-order valence-electron chi connectivity index (χ1n) is 10.1. The molecule has 0 aliphatic carbocycles. The highest BCUT2D eigenvalue weighted by atomic mass is 35.5. The molecule has 1 N–H and O–H groups in total. The third kappa shape index (κ3) is 5.25. The molecule has 6 nitrogen and oxygen atoms in total. The van der Waals surface area contributed by atoms with Crippen molar-refractivity contribution in [3.63, 3.8) is 0 Å². The molecule has 0 spiro atoms. The number of para-hydroxylation sites is 1. The van der Waals surface area contributed by atoms with Crippen LogP contribution in [-0.4, -0.2) is 53.7 Å². The number of fused-ring (bicyclic) bond motifs is 1. The van der Waals surface area contributed by atoms with Crippen LogP contribution in [0.1, 0.15) is 18.1 Å². The van der Waals surface area contributed by atoms with Crippen LogP contribution in [0.5, 0.6) is 0 Å². The number of amidine groups is 1. The Morgan fingerprint density at radius 3 is 2.68 bits per heavy atom. The van der Waals surface area contributed by atoms with Crippen molar-refractivity contribution in [2.75, 3.05) is 22.6 Å². The van der Waals surface area contributed by atoms with Gasteiger partial charge in [-0.3, -0.25) is 9.79 Å². The maximum Gasteiger partial charge on any atom is 0.234 e. The van der Waals surface area contributed by atoms with Gasteiger partial charge in [-0.15, -0.1) is 0 Å². The van der Waals surface area contributed by atoms with E-state index in [1.165, 1.54) is 11.8 Å². The maximum absolute atomic E-state index is 12.6. The number of aryl methyl sites for hydroxylation is 1. The minimum absolute atomic E-state index is 0.0644. The number of anilines is 1. The van der Waals surface area contributed by atoms with Gasteiger partial charge in [0.15, 0.2) is 15.0 Å². The SMILES string of the molecule is CCc1ccccc1NC(=O)CSC1=N[C@H]2CS(=O)(=O)C[C@H]2N1Cc1ccc(Cl)cc1. The molecule has 2 aliphatic heterocycles. The van der Waals surface area contributed by atoms with E-state index >= 15 is 0 Å². The minimum atomic E-state index is -3.10. The van der Waals surface area contributed by atoms with Gasteiger partial charge < -0.3 is 10.2 Å². The van der Waals surface area contributed by atoms with Crippen molar-refractivity contribution < 1.29 is 13.2 Å². The van der Waals surface area contributed by atoms with Crippen molar-refractivity contribution >= 4 is 50.0 Å². The molecule has 0 unspecified atom stereocenters. The Morgan fingerprint density at radius 1 is 1.19 bits per heavy atom. The summed E-state index contributed by atoms with van der Waals surface area (Å²) in [6.45, 7) is 2.58. The number of rotatable bonds is 6. The summed E-state index contributed by atoms with van der Waals surface area (Å²) in [5, 5.41) is 4.35. The lowest BCUT2D eigenvalue weighted by Crippen LogP contribution is -2.38. The number of halogens is 1. The predicted molar refractivity (Wildman–Crippen MR) is 128 cm³/mol. The van der Waals surface area contributed by atoms with Gasteiger partial charge >= 0.3 is 0 Å². The molecule has 2 atom stereocenters. The van der Waals surface area contributed by atoms with E-state index in [0.717, 1.165) is 28.4 Å². The van der Waals surface area contributed by atoms with Crippen LogP contribution in [-0.2, 0) is 27.6 Å². The number of carbonyl (C=O) groups is 1. The molecular formula is C22H24ClN3O3S2. The van der Waals surface area contributed by atoms with Gasteiger partial charge in [-0.05, 0) is 35.7 Å². The van der Waals surface area contributed by atoms with Crippen molar-refractivity contribution in [1.82, 2.24) is 4.90 Å². The molecule has 9 heteroatoms. The monoisotopic (exact) mass is 477 g/mol. The summed E-state index contributed by atoms with van der Waals surface area (Å²) in [6, 6.07) is 14.8. The average Bonchev–Trinajstić information content (AvgIpc) is 3.20. The Hall–Kier alpha value is -2.03. The van der Waals surface area contributed by atoms with Crippen molar-refractivity contribution in [3.8, 4) is 0 Å². The molecule has 0 radical (unpaired) electrons. The zero-order valence-electron chi connectivity index (χ0n) is 17.1. The highest BCUT2D eigenvalue weighted by Gasteiger charge is 2.46. The van der Waals surface area contributed by atoms with Gasteiger partial charge in [0.05, 0.1) is 29.3 Å². The Bertz CT molecular complexity index is 1100. The van der Waals surface area contributed by atoms with Crippen LogP contribution in [0.2, 0.25) is 5.02 Å². The number of carbonyl (C=O) groups excluding carboxylic acids is 1. The summed E-state index contributed by atoms with van der Waals surface area (Å²) >= 11 is 7.35. The second kappa shape index (κ2) is 9.22. The molecule has 0 aromatic heterocycles. The van der Waals surface area contributed by atoms with E-state index in [0.29, 0.717) is 11.6 Å². The lowest BCUT2D eigenvalue weighted by Gasteiger charge is -2.26. The molecule has 4 rings (SSSR count). The van der Waals surface area contributed by atoms with Crippen molar-refractivity contribution in [1.29, 1.82) is 0 Å². The Balaban J connectivity index is 1.46. The molecule has 2 aromatic carbocycles. The molecule has 2 heterocycles. The van der Waals surface area contributed by atoms with E-state index in [2.05, 4.69) is 17.2 Å². The fraction of sp³-hybridized carbons (Fsp3) is 0.364. The quantitative estimate of drug-likeness (QED) is 0.687. The van der Waals surface area contributed by atoms with Crippen LogP contribution in [0.15, 0.2) is 53.5 Å². The predicted octanol–water partition coefficient (Wildman–Crippen LogP) is 3.61. The number of hydrogen-bond donors (Lipinski definition) is 1. The van der Waals surface area contributed by atoms with Crippen LogP contribution in [0.25, 0.3) is 0 Å². The number of nitrogens with zero attached hydrogens (tertiary/aromatic N) is 2. The van der Waals surface area contributed by atoms with E-state index in [4.69, 9.17) is 11.6 Å². The molecule has 1 amide bonds. The molecule has 2 aliphatic rings. The second-order valence-corrected chi connectivity index (χ2v) is 11.3. The topological polar surface area (TPSA) is 78.8 Å². The summed E-state index contributed by atoms with van der Waals surface area (Å²) < 4.78 is 24.3. The molecule has 164 valence electrons. The third-order valence-corrected chi connectivity index (χ3v) is 8.44. The van der Waals surface area contributed by atoms with Crippen LogP contribution in [0.4, 0.5) is 5.69 Å². The van der Waals surface area contributed by atoms with Gasteiger partial charge in [-0.25, -0.2) is 8.42 Å². The average molecular weight is 478 g/mol. The Morgan fingerprint density at radius 2 is 1.94 bits per heavy atom. The van der Waals surface area contributed by atoms with Gasteiger partial charge in [0, 0.05) is 17.3 Å². The highest BCUT2D eigenvalue weighted by Crippen LogP contribution is 2.32. The Kier molecular flexibility index (Phi) is 6.60. The first-order chi connectivity index (χ1) is 14.8. The zero-order valence-corrected chi connectivity index (χ0v) is 19.5. The molecule has 2 aromatic rings. The first-order valence-corrected chi connectivity index (χ1v) is 13.3. The summed E-state index contributed by atoms with van der Waals surface area (Å²) in [5.41, 5.74) is 2.93. The van der Waals surface area contributed by atoms with E-state index in [1.54, 1.807) is 0 Å². The smallest absolute Gasteiger partial charge is 0.234 e. The summed E-state index contributed by atoms with van der Waals surface area (Å²) in [4.78, 5) is 19.3. The molecular weight excluding hydrogens is 454 g/mol. The molecule has 1 saturated heterocycles. The lowest BCUT2D eigenvalue weighted by atomic mass is 10.1. The van der Waals surface area contributed by atoms with Crippen molar-refractivity contribution in [3.05, 3.63) is 64.7 Å². The van der Waals surface area contributed by atoms with Crippen molar-refractivity contribution in [2.45, 2.75) is 32.0 Å². The highest BCUT2D eigenvalue weighted by molar-refractivity contribution is 8.14. The second-order valence-electron chi connectivity index (χ2n) is 7.73. The number of amides is 1. The largest absolute Gasteiger partial charge is 0.341 e. The molecule has 1 fully saturated rings. The normalized spacial score (nSPS) is 21.6. The van der Waals surface area contributed by atoms with Gasteiger partial charge in [0.2, 0.25) is 5.91 Å². The van der Waals surface area contributed by atoms with Gasteiger partial charge in [0.1, 0.15) is 0 Å². The fourth-order valence-corrected chi connectivity index (χ4v) is 6.86. The molecule has 0 saturated carbocycles. The van der Waals surface area contributed by atoms with Crippen LogP contribution in [0, 0.1) is 0 Å². The summed E-state index contributed by atoms with van der Waals surface area (Å²) in [5.74, 6) is 0.258. The van der Waals surface area contributed by atoms with E-state index in [9.17, 15) is 13.2 Å². The number of aliphatic imine (C=N–C) groups is 1. The third-order valence-electron chi connectivity index (χ3n) is 5.49. The van der Waals surface area contributed by atoms with Gasteiger partial charge in [-0.1, -0.05) is 60.6 Å². The molecule has 31 heavy (non-hydrogen) atoms. The number of thioether (sulfide) groups is 1. The standard InChI is InChI=1S/C22H24ClN3O3S2/c1-2-16-5-3-4-6-18(16)24-21(27)12-30-22-25-19-13-31(28,29)14-20(19)26(22)11-15-7-9-17(23)10-8-15/h3-10,19-20H,2,11-14H2,1H3,(H,24,27)/t19-,20+/m0/s1. The van der Waals surface area contributed by atoms with E-state index in [-0.39, 0.29) is 35.2 Å². The fourth-order valence-electron chi connectivity index (χ4n) is 3.95. The zero-order chi connectivity index (χ0) is 22.0. The Labute approximate surface area is 192 Å². The summed E-state index contributed by atoms with van der Waals surface area (Å²) in [6.07, 6.45) is 0.836. The number of hydrogen-bond acceptors (Lipinski definition) is 6. The maximum atomic E-state index is 12.6. The van der Waals surface area contributed by atoms with Crippen molar-refractivity contribution in [2.24, 2.45) is 4.99 Å². The van der Waals surface area contributed by atoms with Gasteiger partial charge in [0.25, 0.3) is 0 Å². The molecule has 0 bridgehead atoms. The number of sulfone groups is 1. The number of benzene rings is 2. The van der Waals surface area contributed by atoms with Crippen LogP contribution >= 0.6 is 23.4 Å².